The second-order valence-electron chi connectivity index (χ2n) is 7.33. The van der Waals surface area contributed by atoms with Crippen molar-refractivity contribution in [2.45, 2.75) is 25.8 Å². The lowest BCUT2D eigenvalue weighted by atomic mass is 10.1. The van der Waals surface area contributed by atoms with Crippen molar-refractivity contribution in [2.24, 2.45) is 0 Å². The van der Waals surface area contributed by atoms with Crippen LogP contribution < -0.4 is 5.32 Å². The Hall–Kier alpha value is -3.50. The summed E-state index contributed by atoms with van der Waals surface area (Å²) in [6.45, 7) is 5.00. The molecule has 0 atom stereocenters. The fraction of sp³-hybridized carbons (Fsp3) is 0.208. The Morgan fingerprint density at radius 2 is 1.97 bits per heavy atom. The van der Waals surface area contributed by atoms with Crippen LogP contribution in [-0.2, 0) is 9.53 Å². The van der Waals surface area contributed by atoms with Gasteiger partial charge >= 0.3 is 5.97 Å². The van der Waals surface area contributed by atoms with Crippen LogP contribution in [0.1, 0.15) is 39.4 Å². The maximum Gasteiger partial charge on any atom is 0.341 e. The topological polar surface area (TPSA) is 114 Å². The largest absolute Gasteiger partial charge is 0.462 e. The highest BCUT2D eigenvalue weighted by Gasteiger charge is 2.25. The number of rotatable bonds is 8. The quantitative estimate of drug-likeness (QED) is 0.199. The molecule has 10 heteroatoms. The molecule has 0 bridgehead atoms. The zero-order valence-corrected chi connectivity index (χ0v) is 20.4. The van der Waals surface area contributed by atoms with E-state index in [0.717, 1.165) is 27.9 Å². The van der Waals surface area contributed by atoms with Gasteiger partial charge in [-0.05, 0) is 50.6 Å². The van der Waals surface area contributed by atoms with E-state index in [1.165, 1.54) is 18.7 Å². The van der Waals surface area contributed by atoms with Gasteiger partial charge in [-0.25, -0.2) is 14.8 Å². The van der Waals surface area contributed by atoms with Crippen molar-refractivity contribution in [1.29, 1.82) is 0 Å². The van der Waals surface area contributed by atoms with Gasteiger partial charge in [0.15, 0.2) is 5.78 Å². The average Bonchev–Trinajstić information content (AvgIpc) is 3.39. The standard InChI is InChI=1S/C24H22N4O4S2/c1-4-32-24(31)19-13(2)20(14(3)29)34-23(19)28-18(30)12-33-22-15(8-7-11-25-22)21-26-16-9-5-6-10-17(16)27-21/h5-11H,4,12H2,1-3H3,(H,26,27)(H,28,30). The summed E-state index contributed by atoms with van der Waals surface area (Å²) in [7, 11) is 0. The number of amides is 1. The van der Waals surface area contributed by atoms with Crippen molar-refractivity contribution in [1.82, 2.24) is 15.0 Å². The Kier molecular flexibility index (Phi) is 7.09. The highest BCUT2D eigenvalue weighted by atomic mass is 32.2. The Bertz CT molecular complexity index is 1360. The van der Waals surface area contributed by atoms with Crippen LogP contribution in [0.2, 0.25) is 0 Å². The SMILES string of the molecule is CCOC(=O)c1c(NC(=O)CSc2ncccc2-c2nc3ccccc3[nH]2)sc(C(C)=O)c1C. The summed E-state index contributed by atoms with van der Waals surface area (Å²) in [4.78, 5) is 50.0. The van der Waals surface area contributed by atoms with Crippen LogP contribution in [0.3, 0.4) is 0 Å². The van der Waals surface area contributed by atoms with Crippen LogP contribution in [0.5, 0.6) is 0 Å². The molecule has 2 N–H and O–H groups in total. The molecule has 0 spiro atoms. The summed E-state index contributed by atoms with van der Waals surface area (Å²) < 4.78 is 5.12. The normalized spacial score (nSPS) is 10.9. The van der Waals surface area contributed by atoms with Crippen molar-refractivity contribution in [3.8, 4) is 11.4 Å². The first-order chi connectivity index (χ1) is 16.4. The van der Waals surface area contributed by atoms with Crippen LogP contribution in [0.4, 0.5) is 5.00 Å². The number of H-pyrrole nitrogens is 1. The Balaban J connectivity index is 1.53. The van der Waals surface area contributed by atoms with Crippen molar-refractivity contribution in [3.05, 3.63) is 58.6 Å². The van der Waals surface area contributed by atoms with Gasteiger partial charge in [-0.15, -0.1) is 11.3 Å². The number of thiophene rings is 1. The Morgan fingerprint density at radius 1 is 1.18 bits per heavy atom. The van der Waals surface area contributed by atoms with E-state index in [2.05, 4.69) is 20.3 Å². The zero-order chi connectivity index (χ0) is 24.2. The molecule has 0 aliphatic rings. The second kappa shape index (κ2) is 10.2. The summed E-state index contributed by atoms with van der Waals surface area (Å²) in [5.41, 5.74) is 3.27. The number of anilines is 1. The van der Waals surface area contributed by atoms with Crippen molar-refractivity contribution >= 4 is 56.8 Å². The summed E-state index contributed by atoms with van der Waals surface area (Å²) in [5.74, 6) is -0.343. The number of thioether (sulfide) groups is 1. The number of aromatic nitrogens is 3. The third-order valence-electron chi connectivity index (χ3n) is 4.95. The third-order valence-corrected chi connectivity index (χ3v) is 7.27. The lowest BCUT2D eigenvalue weighted by Crippen LogP contribution is -2.16. The van der Waals surface area contributed by atoms with E-state index >= 15 is 0 Å². The van der Waals surface area contributed by atoms with Gasteiger partial charge in [0.05, 0.1) is 33.8 Å². The molecule has 0 saturated heterocycles. The molecular formula is C24H22N4O4S2. The minimum Gasteiger partial charge on any atom is -0.462 e. The van der Waals surface area contributed by atoms with Gasteiger partial charge < -0.3 is 15.0 Å². The maximum atomic E-state index is 12.8. The predicted octanol–water partition coefficient (Wildman–Crippen LogP) is 5.10. The molecule has 0 fully saturated rings. The van der Waals surface area contributed by atoms with Crippen molar-refractivity contribution < 1.29 is 19.1 Å². The molecule has 3 heterocycles. The number of imidazole rings is 1. The molecule has 0 aliphatic heterocycles. The molecule has 0 unspecified atom stereocenters. The van der Waals surface area contributed by atoms with Crippen LogP contribution >= 0.6 is 23.1 Å². The number of nitrogens with zero attached hydrogens (tertiary/aromatic N) is 2. The van der Waals surface area contributed by atoms with Crippen molar-refractivity contribution in [2.75, 3.05) is 17.7 Å². The molecule has 4 rings (SSSR count). The van der Waals surface area contributed by atoms with E-state index in [9.17, 15) is 14.4 Å². The number of carbonyl (C=O) groups excluding carboxylic acids is 3. The lowest BCUT2D eigenvalue weighted by Gasteiger charge is -2.08. The van der Waals surface area contributed by atoms with Gasteiger partial charge in [-0.2, -0.15) is 0 Å². The van der Waals surface area contributed by atoms with Crippen LogP contribution in [0.15, 0.2) is 47.6 Å². The Labute approximate surface area is 204 Å². The van der Waals surface area contributed by atoms with Gasteiger partial charge in [0, 0.05) is 11.8 Å². The van der Waals surface area contributed by atoms with E-state index in [0.29, 0.717) is 26.3 Å². The van der Waals surface area contributed by atoms with Crippen LogP contribution in [0.25, 0.3) is 22.4 Å². The lowest BCUT2D eigenvalue weighted by molar-refractivity contribution is -0.113. The fourth-order valence-electron chi connectivity index (χ4n) is 3.45. The molecule has 1 aromatic carbocycles. The summed E-state index contributed by atoms with van der Waals surface area (Å²) >= 11 is 2.34. The number of benzene rings is 1. The zero-order valence-electron chi connectivity index (χ0n) is 18.8. The number of para-hydroxylation sites is 2. The first-order valence-electron chi connectivity index (χ1n) is 10.5. The number of hydrogen-bond donors (Lipinski definition) is 2. The number of nitrogens with one attached hydrogen (secondary N) is 2. The molecule has 0 radical (unpaired) electrons. The number of hydrogen-bond acceptors (Lipinski definition) is 8. The number of fused-ring (bicyclic) bond motifs is 1. The molecule has 0 saturated carbocycles. The Morgan fingerprint density at radius 3 is 2.71 bits per heavy atom. The highest BCUT2D eigenvalue weighted by Crippen LogP contribution is 2.35. The average molecular weight is 495 g/mol. The number of esters is 1. The van der Waals surface area contributed by atoms with Gasteiger partial charge in [-0.3, -0.25) is 9.59 Å². The number of aromatic amines is 1. The number of pyridine rings is 1. The maximum absolute atomic E-state index is 12.8. The molecule has 1 amide bonds. The summed E-state index contributed by atoms with van der Waals surface area (Å²) in [6.07, 6.45) is 1.66. The predicted molar refractivity (Wildman–Crippen MR) is 134 cm³/mol. The molecule has 0 aliphatic carbocycles. The second-order valence-corrected chi connectivity index (χ2v) is 9.32. The van der Waals surface area contributed by atoms with Gasteiger partial charge in [-0.1, -0.05) is 23.9 Å². The third kappa shape index (κ3) is 4.87. The molecule has 4 aromatic rings. The molecule has 34 heavy (non-hydrogen) atoms. The first kappa shape index (κ1) is 23.7. The van der Waals surface area contributed by atoms with E-state index in [1.807, 2.05) is 36.4 Å². The number of carbonyl (C=O) groups is 3. The molecule has 3 aromatic heterocycles. The highest BCUT2D eigenvalue weighted by molar-refractivity contribution is 8.00. The number of ketones is 1. The molecule has 174 valence electrons. The van der Waals surface area contributed by atoms with E-state index in [-0.39, 0.29) is 29.6 Å². The summed E-state index contributed by atoms with van der Waals surface area (Å²) in [5, 5.41) is 3.73. The summed E-state index contributed by atoms with van der Waals surface area (Å²) in [6, 6.07) is 11.4. The fourth-order valence-corrected chi connectivity index (χ4v) is 5.35. The first-order valence-corrected chi connectivity index (χ1v) is 12.3. The monoisotopic (exact) mass is 494 g/mol. The van der Waals surface area contributed by atoms with Gasteiger partial charge in [0.2, 0.25) is 5.91 Å². The molecular weight excluding hydrogens is 472 g/mol. The van der Waals surface area contributed by atoms with E-state index in [4.69, 9.17) is 4.74 Å². The number of Topliss-reactive ketones (excluding diaryl/α,β-unsaturated/α-hetero) is 1. The molecule has 8 nitrogen and oxygen atoms in total. The smallest absolute Gasteiger partial charge is 0.341 e. The number of ether oxygens (including phenoxy) is 1. The minimum absolute atomic E-state index is 0.0544. The van der Waals surface area contributed by atoms with Crippen LogP contribution in [-0.4, -0.2) is 45.0 Å². The van der Waals surface area contributed by atoms with Gasteiger partial charge in [0.25, 0.3) is 0 Å². The van der Waals surface area contributed by atoms with E-state index < -0.39 is 5.97 Å². The van der Waals surface area contributed by atoms with Crippen LogP contribution in [0, 0.1) is 6.92 Å². The van der Waals surface area contributed by atoms with E-state index in [1.54, 1.807) is 20.0 Å². The minimum atomic E-state index is -0.566. The van der Waals surface area contributed by atoms with Gasteiger partial charge in [0.1, 0.15) is 15.9 Å². The van der Waals surface area contributed by atoms with Crippen molar-refractivity contribution in [3.63, 3.8) is 0 Å².